The molecule has 8 aromatic rings. The van der Waals surface area contributed by atoms with Crippen molar-refractivity contribution in [3.05, 3.63) is 164 Å². The number of pyridine rings is 5. The molecule has 8 rings (SSSR count). The monoisotopic (exact) mass is 756 g/mol. The molecule has 0 bridgehead atoms. The van der Waals surface area contributed by atoms with Gasteiger partial charge in [0, 0.05) is 41.5 Å². The molecule has 51 heavy (non-hydrogen) atoms. The molecule has 0 fully saturated rings. The Balaban J connectivity index is 0.000000167. The molecule has 10 heteroatoms. The fourth-order valence-corrected chi connectivity index (χ4v) is 4.95. The molecule has 0 spiro atoms. The van der Waals surface area contributed by atoms with Crippen LogP contribution in [0.5, 0.6) is 11.5 Å². The van der Waals surface area contributed by atoms with Gasteiger partial charge in [-0.25, -0.2) is 9.97 Å². The number of carbonyl (C=O) groups excluding carboxylic acids is 2. The smallest absolute Gasteiger partial charge is 0.428 e. The maximum Gasteiger partial charge on any atom is 1.00 e. The number of benzene rings is 3. The molecule has 5 aromatic heterocycles. The van der Waals surface area contributed by atoms with E-state index in [-0.39, 0.29) is 19.5 Å². The molecule has 0 amide bonds. The van der Waals surface area contributed by atoms with E-state index in [4.69, 9.17) is 9.47 Å². The normalized spacial score (nSPS) is 9.96. The molecular weight excluding hydrogens is 728 g/mol. The van der Waals surface area contributed by atoms with Crippen molar-refractivity contribution in [2.24, 2.45) is 0 Å². The molecule has 0 aliphatic heterocycles. The van der Waals surface area contributed by atoms with Gasteiger partial charge in [-0.2, -0.15) is 0 Å². The van der Waals surface area contributed by atoms with E-state index < -0.39 is 0 Å². The van der Waals surface area contributed by atoms with Gasteiger partial charge in [-0.05, 0) is 60.3 Å². The maximum atomic E-state index is 10.9. The summed E-state index contributed by atoms with van der Waals surface area (Å²) >= 11 is 0. The predicted octanol–water partition coefficient (Wildman–Crippen LogP) is 8.21. The van der Waals surface area contributed by atoms with Crippen LogP contribution in [0.15, 0.2) is 158 Å². The maximum absolute atomic E-state index is 10.9. The van der Waals surface area contributed by atoms with Gasteiger partial charge in [-0.3, -0.25) is 19.6 Å². The molecule has 0 atom stereocenters. The standard InChI is InChI=1S/C20H12N2O4.C11H8N.C10H8N2.Ru/c23-11-25-19-9-17(21-15-7-3-1-5-13(15)19)18-10-20(26-12-24)14-6-2-4-8-16(14)22-18;1-2-6-10(7-3-1)11-8-4-5-9-12-11;1-3-7-11-9(5-1)10-6-2-4-8-12-10;/h1-12H;1-6,8-9H;1-8H;/q;-1;;+1. The number of fused-ring (bicyclic) bond motifs is 2. The Morgan fingerprint density at radius 2 is 0.902 bits per heavy atom. The first-order valence-corrected chi connectivity index (χ1v) is 15.4. The number of para-hydroxylation sites is 2. The molecule has 249 valence electrons. The summed E-state index contributed by atoms with van der Waals surface area (Å²) in [6.45, 7) is 0.751. The number of rotatable bonds is 7. The van der Waals surface area contributed by atoms with Crippen molar-refractivity contribution < 1.29 is 38.5 Å². The van der Waals surface area contributed by atoms with Crippen molar-refractivity contribution in [2.45, 2.75) is 0 Å². The van der Waals surface area contributed by atoms with Gasteiger partial charge in [-0.15, -0.1) is 35.9 Å². The average Bonchev–Trinajstić information content (AvgIpc) is 3.20. The molecule has 9 nitrogen and oxygen atoms in total. The van der Waals surface area contributed by atoms with E-state index >= 15 is 0 Å². The van der Waals surface area contributed by atoms with Crippen LogP contribution in [-0.2, 0) is 29.1 Å². The van der Waals surface area contributed by atoms with Crippen molar-refractivity contribution in [3.63, 3.8) is 0 Å². The van der Waals surface area contributed by atoms with Crippen LogP contribution in [0.3, 0.4) is 0 Å². The first-order valence-electron chi connectivity index (χ1n) is 15.4. The Kier molecular flexibility index (Phi) is 12.8. The minimum Gasteiger partial charge on any atom is -0.428 e. The first kappa shape index (κ1) is 35.8. The summed E-state index contributed by atoms with van der Waals surface area (Å²) in [6.07, 6.45) is 5.32. The third kappa shape index (κ3) is 9.35. The van der Waals surface area contributed by atoms with Gasteiger partial charge in [0.1, 0.15) is 11.5 Å². The number of nitrogens with zero attached hydrogens (tertiary/aromatic N) is 5. The van der Waals surface area contributed by atoms with Crippen LogP contribution in [0.2, 0.25) is 0 Å². The summed E-state index contributed by atoms with van der Waals surface area (Å²) in [7, 11) is 0. The van der Waals surface area contributed by atoms with Crippen LogP contribution in [0.25, 0.3) is 55.8 Å². The number of hydrogen-bond acceptors (Lipinski definition) is 9. The van der Waals surface area contributed by atoms with Crippen LogP contribution in [0.4, 0.5) is 0 Å². The Hall–Kier alpha value is -6.51. The summed E-state index contributed by atoms with van der Waals surface area (Å²) < 4.78 is 10.2. The summed E-state index contributed by atoms with van der Waals surface area (Å²) in [6, 6.07) is 46.3. The number of ether oxygens (including phenoxy) is 2. The van der Waals surface area contributed by atoms with Crippen LogP contribution < -0.4 is 9.47 Å². The van der Waals surface area contributed by atoms with E-state index in [0.717, 1.165) is 22.6 Å². The van der Waals surface area contributed by atoms with Crippen molar-refractivity contribution in [1.29, 1.82) is 0 Å². The van der Waals surface area contributed by atoms with Crippen LogP contribution >= 0.6 is 0 Å². The van der Waals surface area contributed by atoms with Gasteiger partial charge in [0.25, 0.3) is 12.9 Å². The van der Waals surface area contributed by atoms with E-state index in [1.807, 2.05) is 127 Å². The molecule has 0 saturated carbocycles. The van der Waals surface area contributed by atoms with E-state index in [1.54, 1.807) is 30.7 Å². The van der Waals surface area contributed by atoms with Crippen molar-refractivity contribution in [1.82, 2.24) is 24.9 Å². The van der Waals surface area contributed by atoms with E-state index in [2.05, 4.69) is 31.0 Å². The molecule has 0 saturated heterocycles. The fraction of sp³-hybridized carbons (Fsp3) is 0. The SMILES string of the molecule is O=COc1cc(-c2cc(OC=O)c3ccccc3n2)nc2ccccc12.[Ru+].[c-]1ccccc1-c1ccccn1.c1ccc(-c2ccccn2)nc1. The van der Waals surface area contributed by atoms with Crippen molar-refractivity contribution in [3.8, 4) is 45.5 Å². The van der Waals surface area contributed by atoms with Gasteiger partial charge < -0.3 is 14.5 Å². The van der Waals surface area contributed by atoms with Gasteiger partial charge in [0.2, 0.25) is 0 Å². The van der Waals surface area contributed by atoms with Gasteiger partial charge in [0.05, 0.1) is 33.8 Å². The van der Waals surface area contributed by atoms with Crippen molar-refractivity contribution in [2.75, 3.05) is 0 Å². The van der Waals surface area contributed by atoms with Crippen LogP contribution in [0.1, 0.15) is 0 Å². The van der Waals surface area contributed by atoms with Crippen molar-refractivity contribution >= 4 is 34.8 Å². The number of aromatic nitrogens is 5. The Morgan fingerprint density at radius 3 is 1.31 bits per heavy atom. The van der Waals surface area contributed by atoms with Crippen LogP contribution in [-0.4, -0.2) is 37.9 Å². The Labute approximate surface area is 306 Å². The zero-order valence-corrected chi connectivity index (χ0v) is 28.6. The van der Waals surface area contributed by atoms with Gasteiger partial charge >= 0.3 is 19.5 Å². The minimum absolute atomic E-state index is 0. The molecule has 0 N–H and O–H groups in total. The second-order valence-corrected chi connectivity index (χ2v) is 10.4. The van der Waals surface area contributed by atoms with Gasteiger partial charge in [0.15, 0.2) is 0 Å². The second-order valence-electron chi connectivity index (χ2n) is 10.4. The summed E-state index contributed by atoms with van der Waals surface area (Å²) in [5.41, 5.74) is 6.17. The summed E-state index contributed by atoms with van der Waals surface area (Å²) in [5, 5.41) is 1.43. The number of hydrogen-bond donors (Lipinski definition) is 0. The fourth-order valence-electron chi connectivity index (χ4n) is 4.95. The molecule has 5 heterocycles. The third-order valence-electron chi connectivity index (χ3n) is 7.21. The van der Waals surface area contributed by atoms with Crippen LogP contribution in [0, 0.1) is 6.07 Å². The predicted molar refractivity (Wildman–Crippen MR) is 192 cm³/mol. The zero-order valence-electron chi connectivity index (χ0n) is 26.9. The molecule has 3 aromatic carbocycles. The minimum atomic E-state index is 0. The molecular formula is C41H28N5O4Ru. The molecule has 0 unspecified atom stereocenters. The molecule has 1 radical (unpaired) electrons. The number of carbonyl (C=O) groups is 2. The summed E-state index contributed by atoms with van der Waals surface area (Å²) in [4.78, 5) is 43.5. The molecule has 0 aliphatic carbocycles. The van der Waals surface area contributed by atoms with E-state index in [0.29, 0.717) is 57.6 Å². The second kappa shape index (κ2) is 18.3. The third-order valence-corrected chi connectivity index (χ3v) is 7.21. The molecule has 0 aliphatic rings. The summed E-state index contributed by atoms with van der Waals surface area (Å²) in [5.74, 6) is 0.766. The first-order chi connectivity index (χ1) is 24.7. The largest absolute Gasteiger partial charge is 1.00 e. The Morgan fingerprint density at radius 1 is 0.471 bits per heavy atom. The topological polar surface area (TPSA) is 117 Å². The average molecular weight is 756 g/mol. The van der Waals surface area contributed by atoms with Gasteiger partial charge in [-0.1, -0.05) is 48.5 Å². The van der Waals surface area contributed by atoms with E-state index in [1.165, 1.54) is 0 Å². The van der Waals surface area contributed by atoms with E-state index in [9.17, 15) is 9.59 Å². The quantitative estimate of drug-likeness (QED) is 0.0902. The zero-order chi connectivity index (χ0) is 34.4. The Bertz CT molecular complexity index is 2070.